The van der Waals surface area contributed by atoms with E-state index in [1.165, 1.54) is 18.5 Å². The Morgan fingerprint density at radius 1 is 1.18 bits per heavy atom. The van der Waals surface area contributed by atoms with Gasteiger partial charge in [0.05, 0.1) is 10.4 Å². The number of aryl methyl sites for hydroxylation is 1. The Hall–Kier alpha value is -3.02. The molecule has 0 aliphatic rings. The Kier molecular flexibility index (Phi) is 3.65. The van der Waals surface area contributed by atoms with E-state index in [2.05, 4.69) is 22.2 Å². The van der Waals surface area contributed by atoms with Gasteiger partial charge in [0.1, 0.15) is 12.1 Å². The van der Waals surface area contributed by atoms with Crippen molar-refractivity contribution in [3.8, 4) is 0 Å². The summed E-state index contributed by atoms with van der Waals surface area (Å²) in [5, 5.41) is 14.8. The molecule has 3 aromatic rings. The standard InChI is InChI=1S/C16H14N4O2/c1-2-11-5-3-4-6-14(11)19-16-13-9-12(20(21)22)7-8-15(13)17-10-18-16/h3-10H,2H2,1H3,(H,17,18,19). The second kappa shape index (κ2) is 5.77. The molecule has 0 radical (unpaired) electrons. The minimum absolute atomic E-state index is 0.0223. The van der Waals surface area contributed by atoms with Gasteiger partial charge in [0.2, 0.25) is 0 Å². The van der Waals surface area contributed by atoms with Crippen LogP contribution in [-0.2, 0) is 6.42 Å². The summed E-state index contributed by atoms with van der Waals surface area (Å²) in [6.07, 6.45) is 2.33. The summed E-state index contributed by atoms with van der Waals surface area (Å²) < 4.78 is 0. The number of para-hydroxylation sites is 1. The molecule has 3 rings (SSSR count). The molecule has 0 saturated heterocycles. The highest BCUT2D eigenvalue weighted by Crippen LogP contribution is 2.28. The molecule has 0 amide bonds. The quantitative estimate of drug-likeness (QED) is 0.584. The molecule has 2 aromatic carbocycles. The number of hydrogen-bond donors (Lipinski definition) is 1. The molecule has 1 N–H and O–H groups in total. The van der Waals surface area contributed by atoms with Crippen molar-refractivity contribution in [2.75, 3.05) is 5.32 Å². The number of nitro groups is 1. The Morgan fingerprint density at radius 3 is 2.77 bits per heavy atom. The molecule has 0 atom stereocenters. The highest BCUT2D eigenvalue weighted by atomic mass is 16.6. The van der Waals surface area contributed by atoms with Crippen molar-refractivity contribution in [2.45, 2.75) is 13.3 Å². The molecular weight excluding hydrogens is 280 g/mol. The van der Waals surface area contributed by atoms with E-state index < -0.39 is 4.92 Å². The zero-order valence-corrected chi connectivity index (χ0v) is 12.0. The third-order valence-corrected chi connectivity index (χ3v) is 3.48. The van der Waals surface area contributed by atoms with Crippen molar-refractivity contribution in [3.63, 3.8) is 0 Å². The molecule has 1 aromatic heterocycles. The summed E-state index contributed by atoms with van der Waals surface area (Å²) in [6.45, 7) is 2.07. The summed E-state index contributed by atoms with van der Waals surface area (Å²) in [6, 6.07) is 12.5. The highest BCUT2D eigenvalue weighted by molar-refractivity contribution is 5.92. The van der Waals surface area contributed by atoms with E-state index in [4.69, 9.17) is 0 Å². The molecule has 6 heteroatoms. The Bertz CT molecular complexity index is 848. The number of nitro benzene ring substituents is 1. The molecule has 110 valence electrons. The number of fused-ring (bicyclic) bond motifs is 1. The average Bonchev–Trinajstić information content (AvgIpc) is 2.55. The minimum atomic E-state index is -0.420. The van der Waals surface area contributed by atoms with E-state index >= 15 is 0 Å². The molecule has 0 saturated carbocycles. The van der Waals surface area contributed by atoms with Gasteiger partial charge in [-0.25, -0.2) is 9.97 Å². The van der Waals surface area contributed by atoms with Gasteiger partial charge in [-0.1, -0.05) is 25.1 Å². The number of nitrogens with one attached hydrogen (secondary N) is 1. The van der Waals surface area contributed by atoms with Crippen LogP contribution >= 0.6 is 0 Å². The lowest BCUT2D eigenvalue weighted by Crippen LogP contribution is -1.99. The largest absolute Gasteiger partial charge is 0.339 e. The molecule has 0 fully saturated rings. The average molecular weight is 294 g/mol. The summed E-state index contributed by atoms with van der Waals surface area (Å²) >= 11 is 0. The predicted octanol–water partition coefficient (Wildman–Crippen LogP) is 3.84. The Balaban J connectivity index is 2.10. The molecular formula is C16H14N4O2. The van der Waals surface area contributed by atoms with Crippen LogP contribution in [0.15, 0.2) is 48.8 Å². The van der Waals surface area contributed by atoms with Crippen molar-refractivity contribution >= 4 is 28.1 Å². The van der Waals surface area contributed by atoms with E-state index in [0.29, 0.717) is 16.7 Å². The molecule has 0 unspecified atom stereocenters. The van der Waals surface area contributed by atoms with E-state index in [-0.39, 0.29) is 5.69 Å². The topological polar surface area (TPSA) is 81.0 Å². The first-order chi connectivity index (χ1) is 10.7. The second-order valence-corrected chi connectivity index (χ2v) is 4.82. The molecule has 0 aliphatic heterocycles. The van der Waals surface area contributed by atoms with Crippen molar-refractivity contribution < 1.29 is 4.92 Å². The van der Waals surface area contributed by atoms with E-state index in [1.54, 1.807) is 6.07 Å². The summed E-state index contributed by atoms with van der Waals surface area (Å²) in [7, 11) is 0. The first kappa shape index (κ1) is 13.9. The van der Waals surface area contributed by atoms with Gasteiger partial charge in [-0.3, -0.25) is 10.1 Å². The van der Waals surface area contributed by atoms with Crippen molar-refractivity contribution in [2.24, 2.45) is 0 Å². The Morgan fingerprint density at radius 2 is 2.00 bits per heavy atom. The van der Waals surface area contributed by atoms with Crippen LogP contribution in [0.5, 0.6) is 0 Å². The van der Waals surface area contributed by atoms with Crippen LogP contribution < -0.4 is 5.32 Å². The maximum Gasteiger partial charge on any atom is 0.270 e. The fraction of sp³-hybridized carbons (Fsp3) is 0.125. The van der Waals surface area contributed by atoms with Gasteiger partial charge in [-0.05, 0) is 24.1 Å². The summed E-state index contributed by atoms with van der Waals surface area (Å²) in [5.41, 5.74) is 2.78. The van der Waals surface area contributed by atoms with Gasteiger partial charge in [-0.15, -0.1) is 0 Å². The lowest BCUT2D eigenvalue weighted by Gasteiger charge is -2.11. The molecule has 0 spiro atoms. The van der Waals surface area contributed by atoms with Gasteiger partial charge in [0, 0.05) is 23.2 Å². The second-order valence-electron chi connectivity index (χ2n) is 4.82. The van der Waals surface area contributed by atoms with Gasteiger partial charge in [0.15, 0.2) is 0 Å². The molecule has 1 heterocycles. The smallest absolute Gasteiger partial charge is 0.270 e. The van der Waals surface area contributed by atoms with Crippen LogP contribution in [-0.4, -0.2) is 14.9 Å². The molecule has 0 aliphatic carbocycles. The van der Waals surface area contributed by atoms with E-state index in [9.17, 15) is 10.1 Å². The zero-order valence-electron chi connectivity index (χ0n) is 12.0. The number of hydrogen-bond acceptors (Lipinski definition) is 5. The maximum atomic E-state index is 11.0. The normalized spacial score (nSPS) is 10.6. The molecule has 22 heavy (non-hydrogen) atoms. The lowest BCUT2D eigenvalue weighted by atomic mass is 10.1. The first-order valence-electron chi connectivity index (χ1n) is 6.93. The fourth-order valence-electron chi connectivity index (χ4n) is 2.34. The number of nitrogens with zero attached hydrogens (tertiary/aromatic N) is 3. The van der Waals surface area contributed by atoms with Crippen molar-refractivity contribution in [3.05, 3.63) is 64.5 Å². The van der Waals surface area contributed by atoms with E-state index in [1.807, 2.05) is 24.3 Å². The molecule has 6 nitrogen and oxygen atoms in total. The van der Waals surface area contributed by atoms with Crippen LogP contribution in [0, 0.1) is 10.1 Å². The number of rotatable bonds is 4. The van der Waals surface area contributed by atoms with Gasteiger partial charge < -0.3 is 5.32 Å². The lowest BCUT2D eigenvalue weighted by molar-refractivity contribution is -0.384. The van der Waals surface area contributed by atoms with E-state index in [0.717, 1.165) is 17.7 Å². The monoisotopic (exact) mass is 294 g/mol. The van der Waals surface area contributed by atoms with Gasteiger partial charge >= 0.3 is 0 Å². The SMILES string of the molecule is CCc1ccccc1Nc1ncnc2ccc([N+](=O)[O-])cc12. The summed E-state index contributed by atoms with van der Waals surface area (Å²) in [4.78, 5) is 18.9. The van der Waals surface area contributed by atoms with Crippen molar-refractivity contribution in [1.82, 2.24) is 9.97 Å². The third-order valence-electron chi connectivity index (χ3n) is 3.48. The third kappa shape index (κ3) is 2.58. The van der Waals surface area contributed by atoms with Gasteiger partial charge in [-0.2, -0.15) is 0 Å². The number of benzene rings is 2. The number of aromatic nitrogens is 2. The fourth-order valence-corrected chi connectivity index (χ4v) is 2.34. The highest BCUT2D eigenvalue weighted by Gasteiger charge is 2.11. The minimum Gasteiger partial charge on any atom is -0.339 e. The summed E-state index contributed by atoms with van der Waals surface area (Å²) in [5.74, 6) is 0.564. The van der Waals surface area contributed by atoms with Gasteiger partial charge in [0.25, 0.3) is 5.69 Å². The first-order valence-corrected chi connectivity index (χ1v) is 6.93. The number of non-ortho nitro benzene ring substituents is 1. The predicted molar refractivity (Wildman–Crippen MR) is 85.3 cm³/mol. The molecule has 0 bridgehead atoms. The van der Waals surface area contributed by atoms with Crippen LogP contribution in [0.4, 0.5) is 17.2 Å². The maximum absolute atomic E-state index is 11.0. The van der Waals surface area contributed by atoms with Crippen LogP contribution in [0.3, 0.4) is 0 Å². The van der Waals surface area contributed by atoms with Crippen LogP contribution in [0.2, 0.25) is 0 Å². The van der Waals surface area contributed by atoms with Crippen molar-refractivity contribution in [1.29, 1.82) is 0 Å². The van der Waals surface area contributed by atoms with Crippen LogP contribution in [0.25, 0.3) is 10.9 Å². The number of anilines is 2. The zero-order chi connectivity index (χ0) is 15.5. The Labute approximate surface area is 127 Å². The van der Waals surface area contributed by atoms with Crippen LogP contribution in [0.1, 0.15) is 12.5 Å².